The van der Waals surface area contributed by atoms with Gasteiger partial charge in [0.1, 0.15) is 5.78 Å². The van der Waals surface area contributed by atoms with Crippen molar-refractivity contribution >= 4 is 23.3 Å². The molecule has 2 amide bonds. The van der Waals surface area contributed by atoms with Crippen molar-refractivity contribution < 1.29 is 14.4 Å². The Labute approximate surface area is 186 Å². The topological polar surface area (TPSA) is 54.5 Å². The summed E-state index contributed by atoms with van der Waals surface area (Å²) in [6.07, 6.45) is 0. The minimum Gasteiger partial charge on any atom is -0.299 e. The number of amides is 2. The molecule has 7 rings (SSSR count). The van der Waals surface area contributed by atoms with Crippen LogP contribution in [-0.4, -0.2) is 17.6 Å². The molecule has 3 aromatic rings. The van der Waals surface area contributed by atoms with E-state index in [2.05, 4.69) is 0 Å². The molecule has 0 aromatic heterocycles. The van der Waals surface area contributed by atoms with Gasteiger partial charge < -0.3 is 0 Å². The zero-order valence-corrected chi connectivity index (χ0v) is 18.3. The third-order valence-corrected chi connectivity index (χ3v) is 7.77. The van der Waals surface area contributed by atoms with Gasteiger partial charge in [0.15, 0.2) is 0 Å². The van der Waals surface area contributed by atoms with Gasteiger partial charge in [0.05, 0.1) is 22.9 Å². The Hall–Kier alpha value is -3.53. The first-order valence-corrected chi connectivity index (χ1v) is 11.0. The lowest BCUT2D eigenvalue weighted by molar-refractivity contribution is -0.132. The summed E-state index contributed by atoms with van der Waals surface area (Å²) >= 11 is 0. The average Bonchev–Trinajstić information content (AvgIpc) is 3.05. The zero-order chi connectivity index (χ0) is 22.4. The summed E-state index contributed by atoms with van der Waals surface area (Å²) in [4.78, 5) is 42.9. The number of ketones is 1. The van der Waals surface area contributed by atoms with Crippen LogP contribution in [0, 0.1) is 25.7 Å². The van der Waals surface area contributed by atoms with Crippen molar-refractivity contribution in [2.24, 2.45) is 11.8 Å². The monoisotopic (exact) mass is 421 g/mol. The van der Waals surface area contributed by atoms with Gasteiger partial charge in [-0.05, 0) is 54.7 Å². The third-order valence-electron chi connectivity index (χ3n) is 7.77. The molecule has 3 aliphatic carbocycles. The average molecular weight is 421 g/mol. The Morgan fingerprint density at radius 2 is 1.44 bits per heavy atom. The molecular weight excluding hydrogens is 398 g/mol. The predicted molar refractivity (Wildman–Crippen MR) is 122 cm³/mol. The molecule has 2 bridgehead atoms. The molecule has 0 radical (unpaired) electrons. The van der Waals surface area contributed by atoms with E-state index in [1.165, 1.54) is 4.90 Å². The van der Waals surface area contributed by atoms with Crippen LogP contribution < -0.4 is 4.90 Å². The highest BCUT2D eigenvalue weighted by molar-refractivity contribution is 6.25. The van der Waals surface area contributed by atoms with Crippen molar-refractivity contribution in [3.05, 3.63) is 100 Å². The number of Topliss-reactive ketones (excluding diaryl/α,β-unsaturated/α-hetero) is 1. The lowest BCUT2D eigenvalue weighted by Crippen LogP contribution is -2.57. The number of hydrogen-bond acceptors (Lipinski definition) is 3. The third kappa shape index (κ3) is 2.05. The van der Waals surface area contributed by atoms with Gasteiger partial charge in [-0.25, -0.2) is 4.90 Å². The van der Waals surface area contributed by atoms with Gasteiger partial charge in [-0.15, -0.1) is 0 Å². The van der Waals surface area contributed by atoms with Gasteiger partial charge >= 0.3 is 0 Å². The molecule has 0 saturated carbocycles. The number of benzene rings is 3. The van der Waals surface area contributed by atoms with Gasteiger partial charge in [0.25, 0.3) is 0 Å². The molecule has 1 aliphatic heterocycles. The summed E-state index contributed by atoms with van der Waals surface area (Å²) in [5.41, 5.74) is 5.16. The van der Waals surface area contributed by atoms with Gasteiger partial charge in [-0.1, -0.05) is 66.2 Å². The maximum Gasteiger partial charge on any atom is 0.239 e. The van der Waals surface area contributed by atoms with E-state index in [0.717, 1.165) is 33.4 Å². The van der Waals surface area contributed by atoms with Gasteiger partial charge in [-0.2, -0.15) is 0 Å². The van der Waals surface area contributed by atoms with Crippen LogP contribution in [0.4, 0.5) is 5.69 Å². The van der Waals surface area contributed by atoms with Crippen molar-refractivity contribution in [2.45, 2.75) is 32.1 Å². The minimum atomic E-state index is -1.15. The summed E-state index contributed by atoms with van der Waals surface area (Å²) < 4.78 is 0. The van der Waals surface area contributed by atoms with E-state index in [1.807, 2.05) is 80.6 Å². The van der Waals surface area contributed by atoms with Crippen LogP contribution in [0.25, 0.3) is 0 Å². The lowest BCUT2D eigenvalue weighted by atomic mass is 9.46. The fourth-order valence-corrected chi connectivity index (χ4v) is 6.66. The second-order valence-corrected chi connectivity index (χ2v) is 9.32. The van der Waals surface area contributed by atoms with Crippen LogP contribution in [-0.2, 0) is 19.8 Å². The van der Waals surface area contributed by atoms with E-state index in [-0.39, 0.29) is 23.5 Å². The van der Waals surface area contributed by atoms with Crippen LogP contribution in [0.3, 0.4) is 0 Å². The molecule has 32 heavy (non-hydrogen) atoms. The SMILES string of the molecule is CC(=O)C12c3ccccc3C(c3ccccc31)[C@@H]1C(=O)N(c3ccc(C)cc3C)C(=O)[C@H]12. The number of carbonyl (C=O) groups is 3. The summed E-state index contributed by atoms with van der Waals surface area (Å²) in [5.74, 6) is -2.11. The first kappa shape index (κ1) is 19.2. The van der Waals surface area contributed by atoms with Crippen LogP contribution in [0.15, 0.2) is 66.7 Å². The fourth-order valence-electron chi connectivity index (χ4n) is 6.66. The molecule has 1 saturated heterocycles. The van der Waals surface area contributed by atoms with Crippen molar-refractivity contribution in [1.29, 1.82) is 0 Å². The molecule has 1 fully saturated rings. The molecule has 4 nitrogen and oxygen atoms in total. The number of hydrogen-bond donors (Lipinski definition) is 0. The fraction of sp³-hybridized carbons (Fsp3) is 0.250. The van der Waals surface area contributed by atoms with Crippen molar-refractivity contribution in [2.75, 3.05) is 4.90 Å². The highest BCUT2D eigenvalue weighted by atomic mass is 16.2. The van der Waals surface area contributed by atoms with Crippen molar-refractivity contribution in [3.63, 3.8) is 0 Å². The Balaban J connectivity index is 1.67. The van der Waals surface area contributed by atoms with Crippen molar-refractivity contribution in [3.8, 4) is 0 Å². The van der Waals surface area contributed by atoms with Gasteiger partial charge in [0, 0.05) is 5.92 Å². The van der Waals surface area contributed by atoms with Crippen molar-refractivity contribution in [1.82, 2.24) is 0 Å². The molecule has 0 N–H and O–H groups in total. The Kier molecular flexibility index (Phi) is 3.75. The van der Waals surface area contributed by atoms with Crippen LogP contribution in [0.5, 0.6) is 0 Å². The molecule has 4 heteroatoms. The van der Waals surface area contributed by atoms with E-state index in [9.17, 15) is 14.4 Å². The molecule has 4 aliphatic rings. The molecule has 1 heterocycles. The minimum absolute atomic E-state index is 0.0887. The van der Waals surface area contributed by atoms with E-state index >= 15 is 0 Å². The van der Waals surface area contributed by atoms with E-state index in [0.29, 0.717) is 5.69 Å². The Bertz CT molecular complexity index is 1310. The maximum atomic E-state index is 14.1. The summed E-state index contributed by atoms with van der Waals surface area (Å²) in [6, 6.07) is 21.5. The number of rotatable bonds is 2. The van der Waals surface area contributed by atoms with E-state index in [4.69, 9.17) is 0 Å². The normalized spacial score (nSPS) is 27.2. The molecular formula is C28H23NO3. The summed E-state index contributed by atoms with van der Waals surface area (Å²) in [5, 5.41) is 0. The first-order valence-electron chi connectivity index (χ1n) is 11.0. The van der Waals surface area contributed by atoms with E-state index < -0.39 is 17.3 Å². The van der Waals surface area contributed by atoms with Gasteiger partial charge in [0.2, 0.25) is 11.8 Å². The number of carbonyl (C=O) groups excluding carboxylic acids is 3. The number of anilines is 1. The maximum absolute atomic E-state index is 14.1. The number of imide groups is 1. The number of nitrogens with zero attached hydrogens (tertiary/aromatic N) is 1. The quantitative estimate of drug-likeness (QED) is 0.575. The predicted octanol–water partition coefficient (Wildman–Crippen LogP) is 4.44. The molecule has 0 unspecified atom stereocenters. The second-order valence-electron chi connectivity index (χ2n) is 9.32. The lowest BCUT2D eigenvalue weighted by Gasteiger charge is -2.52. The zero-order valence-electron chi connectivity index (χ0n) is 18.3. The summed E-state index contributed by atoms with van der Waals surface area (Å²) in [7, 11) is 0. The summed E-state index contributed by atoms with van der Waals surface area (Å²) in [6.45, 7) is 5.47. The van der Waals surface area contributed by atoms with Crippen LogP contribution in [0.1, 0.15) is 46.2 Å². The second kappa shape index (κ2) is 6.26. The van der Waals surface area contributed by atoms with Crippen LogP contribution in [0.2, 0.25) is 0 Å². The molecule has 3 aromatic carbocycles. The largest absolute Gasteiger partial charge is 0.299 e. The van der Waals surface area contributed by atoms with Gasteiger partial charge in [-0.3, -0.25) is 14.4 Å². The Morgan fingerprint density at radius 1 is 0.844 bits per heavy atom. The molecule has 0 spiro atoms. The first-order chi connectivity index (χ1) is 15.4. The molecule has 158 valence electrons. The molecule has 2 atom stereocenters. The van der Waals surface area contributed by atoms with E-state index in [1.54, 1.807) is 6.92 Å². The smallest absolute Gasteiger partial charge is 0.239 e. The van der Waals surface area contributed by atoms with Crippen LogP contribution >= 0.6 is 0 Å². The standard InChI is InChI=1S/C28H23NO3/c1-15-12-13-22(16(2)14-15)29-26(31)24-23-18-8-4-6-10-20(18)28(17(3)30,25(24)27(29)32)21-11-7-5-9-19(21)23/h4-14,23-25H,1-3H3/t23?,24-,25-,28?/m0/s1. The Morgan fingerprint density at radius 3 is 2.00 bits per heavy atom. The highest BCUT2D eigenvalue weighted by Crippen LogP contribution is 2.64. The highest BCUT2D eigenvalue weighted by Gasteiger charge is 2.70. The number of aryl methyl sites for hydroxylation is 2.